The average Bonchev–Trinajstić information content (AvgIpc) is 2.34. The second-order valence-corrected chi connectivity index (χ2v) is 4.94. The van der Waals surface area contributed by atoms with Crippen molar-refractivity contribution >= 4 is 5.91 Å². The summed E-state index contributed by atoms with van der Waals surface area (Å²) >= 11 is 0. The largest absolute Gasteiger partial charge is 0.573 e. The lowest BCUT2D eigenvalue weighted by Gasteiger charge is -2.17. The molecular formula is C13H16F3NO5. The third-order valence-electron chi connectivity index (χ3n) is 2.24. The zero-order valence-electron chi connectivity index (χ0n) is 12.2. The van der Waals surface area contributed by atoms with Gasteiger partial charge in [0.1, 0.15) is 18.1 Å². The van der Waals surface area contributed by atoms with E-state index in [0.29, 0.717) is 0 Å². The molecule has 9 heteroatoms. The first kappa shape index (κ1) is 18.1. The molecule has 0 aliphatic rings. The van der Waals surface area contributed by atoms with Crippen LogP contribution in [0.4, 0.5) is 13.2 Å². The van der Waals surface area contributed by atoms with Crippen LogP contribution in [0.2, 0.25) is 0 Å². The van der Waals surface area contributed by atoms with E-state index < -0.39 is 23.6 Å². The summed E-state index contributed by atoms with van der Waals surface area (Å²) in [6.45, 7) is 2.78. The minimum absolute atomic E-state index is 0.0484. The molecule has 0 aliphatic heterocycles. The molecule has 1 aromatic carbocycles. The molecule has 0 heterocycles. The van der Waals surface area contributed by atoms with E-state index in [2.05, 4.69) is 10.2 Å². The van der Waals surface area contributed by atoms with Gasteiger partial charge in [-0.25, -0.2) is 5.48 Å². The van der Waals surface area contributed by atoms with Gasteiger partial charge in [0, 0.05) is 6.07 Å². The van der Waals surface area contributed by atoms with Crippen LogP contribution >= 0.6 is 0 Å². The number of hydrogen-bond acceptors (Lipinski definition) is 5. The van der Waals surface area contributed by atoms with Crippen LogP contribution in [-0.2, 0) is 4.84 Å². The Bertz CT molecular complexity index is 525. The van der Waals surface area contributed by atoms with E-state index in [1.807, 2.05) is 0 Å². The molecule has 0 aliphatic carbocycles. The van der Waals surface area contributed by atoms with Crippen molar-refractivity contribution < 1.29 is 37.4 Å². The van der Waals surface area contributed by atoms with Crippen molar-refractivity contribution in [1.29, 1.82) is 0 Å². The van der Waals surface area contributed by atoms with E-state index in [1.54, 1.807) is 0 Å². The van der Waals surface area contributed by atoms with Gasteiger partial charge in [0.05, 0.1) is 18.3 Å². The van der Waals surface area contributed by atoms with Crippen LogP contribution in [0.25, 0.3) is 0 Å². The highest BCUT2D eigenvalue weighted by Crippen LogP contribution is 2.29. The second kappa shape index (κ2) is 6.84. The van der Waals surface area contributed by atoms with Gasteiger partial charge in [-0.3, -0.25) is 9.63 Å². The van der Waals surface area contributed by atoms with Crippen molar-refractivity contribution in [3.8, 4) is 11.5 Å². The number of hydrogen-bond donors (Lipinski definition) is 2. The van der Waals surface area contributed by atoms with Crippen molar-refractivity contribution in [3.05, 3.63) is 23.8 Å². The number of ether oxygens (including phenoxy) is 2. The van der Waals surface area contributed by atoms with Crippen LogP contribution in [0.15, 0.2) is 18.2 Å². The fourth-order valence-corrected chi connectivity index (χ4v) is 1.39. The van der Waals surface area contributed by atoms with E-state index in [-0.39, 0.29) is 17.9 Å². The zero-order chi connectivity index (χ0) is 17.0. The van der Waals surface area contributed by atoms with E-state index in [4.69, 9.17) is 9.57 Å². The molecule has 2 N–H and O–H groups in total. The zero-order valence-corrected chi connectivity index (χ0v) is 12.2. The molecule has 124 valence electrons. The third kappa shape index (κ3) is 6.19. The van der Waals surface area contributed by atoms with Crippen molar-refractivity contribution in [2.75, 3.05) is 13.7 Å². The van der Waals surface area contributed by atoms with Crippen molar-refractivity contribution in [2.24, 2.45) is 0 Å². The van der Waals surface area contributed by atoms with E-state index in [1.165, 1.54) is 21.0 Å². The predicted octanol–water partition coefficient (Wildman–Crippen LogP) is 2.03. The van der Waals surface area contributed by atoms with Gasteiger partial charge in [-0.2, -0.15) is 0 Å². The highest BCUT2D eigenvalue weighted by molar-refractivity contribution is 5.96. The fourth-order valence-electron chi connectivity index (χ4n) is 1.39. The first-order valence-corrected chi connectivity index (χ1v) is 6.10. The summed E-state index contributed by atoms with van der Waals surface area (Å²) in [6.07, 6.45) is -4.84. The number of methoxy groups -OCH3 is 1. The van der Waals surface area contributed by atoms with Crippen LogP contribution in [0.3, 0.4) is 0 Å². The lowest BCUT2D eigenvalue weighted by molar-refractivity contribution is -0.274. The van der Waals surface area contributed by atoms with Gasteiger partial charge in [-0.1, -0.05) is 0 Å². The minimum atomic E-state index is -4.84. The highest BCUT2D eigenvalue weighted by atomic mass is 19.4. The number of carbonyl (C=O) groups is 1. The number of alkyl halides is 3. The summed E-state index contributed by atoms with van der Waals surface area (Å²) in [5, 5.41) is 9.42. The van der Waals surface area contributed by atoms with E-state index in [9.17, 15) is 23.1 Å². The Morgan fingerprint density at radius 2 is 1.95 bits per heavy atom. The Morgan fingerprint density at radius 3 is 2.45 bits per heavy atom. The van der Waals surface area contributed by atoms with Crippen LogP contribution in [0, 0.1) is 0 Å². The molecule has 0 radical (unpaired) electrons. The lowest BCUT2D eigenvalue weighted by atomic mass is 10.2. The summed E-state index contributed by atoms with van der Waals surface area (Å²) in [7, 11) is 1.20. The van der Waals surface area contributed by atoms with Gasteiger partial charge >= 0.3 is 6.36 Å². The van der Waals surface area contributed by atoms with Gasteiger partial charge < -0.3 is 14.6 Å². The van der Waals surface area contributed by atoms with Crippen LogP contribution in [0.1, 0.15) is 24.2 Å². The molecule has 1 amide bonds. The van der Waals surface area contributed by atoms with Gasteiger partial charge in [-0.15, -0.1) is 13.2 Å². The van der Waals surface area contributed by atoms with Gasteiger partial charge in [0.25, 0.3) is 5.91 Å². The van der Waals surface area contributed by atoms with Gasteiger partial charge in [0.15, 0.2) is 0 Å². The summed E-state index contributed by atoms with van der Waals surface area (Å²) in [5.41, 5.74) is 0.857. The Morgan fingerprint density at radius 1 is 1.32 bits per heavy atom. The van der Waals surface area contributed by atoms with Gasteiger partial charge in [-0.05, 0) is 26.0 Å². The number of amides is 1. The number of halogens is 3. The molecule has 0 atom stereocenters. The molecule has 22 heavy (non-hydrogen) atoms. The SMILES string of the molecule is COc1cc(OC(F)(F)F)ccc1C(=O)NOCC(C)(C)O. The topological polar surface area (TPSA) is 77.0 Å². The number of nitrogens with one attached hydrogen (secondary N) is 1. The Balaban J connectivity index is 2.80. The summed E-state index contributed by atoms with van der Waals surface area (Å²) < 4.78 is 45.0. The summed E-state index contributed by atoms with van der Waals surface area (Å²) in [4.78, 5) is 16.7. The molecule has 1 aromatic rings. The maximum Gasteiger partial charge on any atom is 0.573 e. The fraction of sp³-hybridized carbons (Fsp3) is 0.462. The second-order valence-electron chi connectivity index (χ2n) is 4.94. The lowest BCUT2D eigenvalue weighted by Crippen LogP contribution is -2.33. The standard InChI is InChI=1S/C13H16F3NO5/c1-12(2,19)7-21-17-11(18)9-5-4-8(6-10(9)20-3)22-13(14,15)16/h4-6,19H,7H2,1-3H3,(H,17,18). The molecule has 0 saturated heterocycles. The Kier molecular flexibility index (Phi) is 5.61. The number of aliphatic hydroxyl groups is 1. The molecular weight excluding hydrogens is 307 g/mol. The molecule has 0 aromatic heterocycles. The minimum Gasteiger partial charge on any atom is -0.496 e. The molecule has 0 unspecified atom stereocenters. The van der Waals surface area contributed by atoms with Crippen LogP contribution < -0.4 is 15.0 Å². The van der Waals surface area contributed by atoms with Crippen molar-refractivity contribution in [1.82, 2.24) is 5.48 Å². The molecule has 6 nitrogen and oxygen atoms in total. The van der Waals surface area contributed by atoms with E-state index in [0.717, 1.165) is 18.2 Å². The molecule has 1 rings (SSSR count). The first-order chi connectivity index (χ1) is 10.0. The maximum absolute atomic E-state index is 12.1. The first-order valence-electron chi connectivity index (χ1n) is 6.10. The summed E-state index contributed by atoms with van der Waals surface area (Å²) in [5.74, 6) is -1.37. The average molecular weight is 323 g/mol. The molecule has 0 bridgehead atoms. The predicted molar refractivity (Wildman–Crippen MR) is 69.4 cm³/mol. The molecule has 0 fully saturated rings. The van der Waals surface area contributed by atoms with E-state index >= 15 is 0 Å². The number of carbonyl (C=O) groups excluding carboxylic acids is 1. The highest BCUT2D eigenvalue weighted by Gasteiger charge is 2.31. The van der Waals surface area contributed by atoms with Crippen LogP contribution in [0.5, 0.6) is 11.5 Å². The van der Waals surface area contributed by atoms with Gasteiger partial charge in [0.2, 0.25) is 0 Å². The van der Waals surface area contributed by atoms with Crippen molar-refractivity contribution in [2.45, 2.75) is 25.8 Å². The Hall–Kier alpha value is -2.00. The molecule has 0 spiro atoms. The number of hydroxylamine groups is 1. The smallest absolute Gasteiger partial charge is 0.496 e. The normalized spacial score (nSPS) is 12.0. The van der Waals surface area contributed by atoms with Crippen LogP contribution in [-0.4, -0.2) is 36.7 Å². The quantitative estimate of drug-likeness (QED) is 0.783. The summed E-state index contributed by atoms with van der Waals surface area (Å²) in [6, 6.07) is 3.00. The van der Waals surface area contributed by atoms with Crippen molar-refractivity contribution in [3.63, 3.8) is 0 Å². The monoisotopic (exact) mass is 323 g/mol. The Labute approximate surface area is 124 Å². The number of benzene rings is 1. The maximum atomic E-state index is 12.1. The third-order valence-corrected chi connectivity index (χ3v) is 2.24. The molecule has 0 saturated carbocycles. The number of rotatable bonds is 6.